The average Bonchev–Trinajstić information content (AvgIpc) is 2.87. The van der Waals surface area contributed by atoms with Crippen LogP contribution in [-0.4, -0.2) is 43.5 Å². The minimum atomic E-state index is -0.336. The summed E-state index contributed by atoms with van der Waals surface area (Å²) in [6.45, 7) is 7.77. The summed E-state index contributed by atoms with van der Waals surface area (Å²) >= 11 is 0. The van der Waals surface area contributed by atoms with Crippen LogP contribution in [0.4, 0.5) is 0 Å². The molecule has 0 unspecified atom stereocenters. The highest BCUT2D eigenvalue weighted by molar-refractivity contribution is 5.77. The zero-order chi connectivity index (χ0) is 27.8. The third kappa shape index (κ3) is 10.2. The highest BCUT2D eigenvalue weighted by atomic mass is 16.5. The summed E-state index contributed by atoms with van der Waals surface area (Å²) in [5, 5.41) is 0. The van der Waals surface area contributed by atoms with Gasteiger partial charge in [-0.25, -0.2) is 0 Å². The second kappa shape index (κ2) is 16.5. The Morgan fingerprint density at radius 2 is 1.24 bits per heavy atom. The number of carbonyl (C=O) groups is 2. The van der Waals surface area contributed by atoms with Crippen molar-refractivity contribution in [2.75, 3.05) is 13.2 Å². The molecular formula is C30H38O8. The lowest BCUT2D eigenvalue weighted by atomic mass is 9.68. The van der Waals surface area contributed by atoms with E-state index in [1.165, 1.54) is 11.1 Å². The van der Waals surface area contributed by atoms with Gasteiger partial charge in [-0.05, 0) is 57.6 Å². The first-order valence-corrected chi connectivity index (χ1v) is 13.0. The molecule has 8 nitrogen and oxygen atoms in total. The average molecular weight is 527 g/mol. The largest absolute Gasteiger partial charge is 0.466 e. The molecule has 2 aliphatic rings. The van der Waals surface area contributed by atoms with Gasteiger partial charge in [0.1, 0.15) is 0 Å². The van der Waals surface area contributed by atoms with Gasteiger partial charge in [0.2, 0.25) is 0 Å². The molecule has 206 valence electrons. The van der Waals surface area contributed by atoms with Gasteiger partial charge in [-0.2, -0.15) is 9.59 Å². The van der Waals surface area contributed by atoms with Gasteiger partial charge in [-0.1, -0.05) is 60.7 Å². The number of benzene rings is 2. The van der Waals surface area contributed by atoms with Crippen molar-refractivity contribution >= 4 is 18.1 Å². The lowest BCUT2D eigenvalue weighted by Gasteiger charge is -2.42. The van der Waals surface area contributed by atoms with Gasteiger partial charge < -0.3 is 18.9 Å². The fraction of sp³-hybridized carbons (Fsp3) is 0.500. The number of hydrogen-bond donors (Lipinski definition) is 0. The van der Waals surface area contributed by atoms with Crippen LogP contribution in [0.25, 0.3) is 0 Å². The van der Waals surface area contributed by atoms with E-state index in [4.69, 9.17) is 28.5 Å². The van der Waals surface area contributed by atoms with Crippen molar-refractivity contribution in [2.45, 2.75) is 71.9 Å². The topological polar surface area (TPSA) is 105 Å². The number of ether oxygens (including phenoxy) is 4. The summed E-state index contributed by atoms with van der Waals surface area (Å²) in [6, 6.07) is 20.2. The van der Waals surface area contributed by atoms with E-state index < -0.39 is 0 Å². The molecule has 0 atom stereocenters. The second-order valence-electron chi connectivity index (χ2n) is 9.53. The maximum Gasteiger partial charge on any atom is 0.373 e. The molecule has 8 heteroatoms. The molecule has 0 aliphatic heterocycles. The summed E-state index contributed by atoms with van der Waals surface area (Å²) in [7, 11) is 0. The molecule has 2 aliphatic carbocycles. The van der Waals surface area contributed by atoms with Gasteiger partial charge in [0.05, 0.1) is 50.0 Å². The van der Waals surface area contributed by atoms with Crippen LogP contribution in [-0.2, 0) is 51.3 Å². The highest BCUT2D eigenvalue weighted by Gasteiger charge is 2.48. The van der Waals surface area contributed by atoms with Crippen LogP contribution in [0, 0.1) is 11.3 Å². The van der Waals surface area contributed by atoms with E-state index in [1.807, 2.05) is 81.4 Å². The van der Waals surface area contributed by atoms with Crippen molar-refractivity contribution in [1.29, 1.82) is 0 Å². The van der Waals surface area contributed by atoms with Gasteiger partial charge in [-0.15, -0.1) is 0 Å². The van der Waals surface area contributed by atoms with Crippen LogP contribution >= 0.6 is 0 Å². The van der Waals surface area contributed by atoms with Crippen LogP contribution < -0.4 is 0 Å². The van der Waals surface area contributed by atoms with E-state index >= 15 is 0 Å². The van der Waals surface area contributed by atoms with E-state index in [0.29, 0.717) is 26.4 Å². The van der Waals surface area contributed by atoms with Gasteiger partial charge >= 0.3 is 18.1 Å². The number of carbonyl (C=O) groups excluding carboxylic acids is 4. The van der Waals surface area contributed by atoms with E-state index in [1.54, 1.807) is 0 Å². The Bertz CT molecular complexity index is 989. The SMILES string of the molecule is CCOC(=O)C1(C)CC(OCc2ccccc2)C1.CCOC(=O)C1CC(OCc2ccccc2)C1.O=C=O. The van der Waals surface area contributed by atoms with E-state index in [2.05, 4.69) is 0 Å². The van der Waals surface area contributed by atoms with Crippen LogP contribution in [0.5, 0.6) is 0 Å². The van der Waals surface area contributed by atoms with Crippen molar-refractivity contribution in [1.82, 2.24) is 0 Å². The van der Waals surface area contributed by atoms with Crippen LogP contribution in [0.15, 0.2) is 60.7 Å². The minimum absolute atomic E-state index is 0.0516. The maximum atomic E-state index is 11.7. The summed E-state index contributed by atoms with van der Waals surface area (Å²) in [6.07, 6.45) is 3.76. The van der Waals surface area contributed by atoms with Gasteiger partial charge in [0.15, 0.2) is 0 Å². The smallest absolute Gasteiger partial charge is 0.373 e. The van der Waals surface area contributed by atoms with Gasteiger partial charge in [-0.3, -0.25) is 9.59 Å². The van der Waals surface area contributed by atoms with Crippen molar-refractivity contribution in [3.8, 4) is 0 Å². The third-order valence-corrected chi connectivity index (χ3v) is 6.50. The Morgan fingerprint density at radius 3 is 1.68 bits per heavy atom. The molecule has 0 spiro atoms. The predicted octanol–water partition coefficient (Wildman–Crippen LogP) is 4.90. The zero-order valence-electron chi connectivity index (χ0n) is 22.4. The van der Waals surface area contributed by atoms with Crippen molar-refractivity contribution in [2.24, 2.45) is 11.3 Å². The second-order valence-corrected chi connectivity index (χ2v) is 9.53. The molecular weight excluding hydrogens is 488 g/mol. The quantitative estimate of drug-likeness (QED) is 0.403. The molecule has 0 amide bonds. The van der Waals surface area contributed by atoms with Crippen molar-refractivity contribution < 1.29 is 38.1 Å². The first kappa shape index (κ1) is 30.9. The Hall–Kier alpha value is -3.32. The monoisotopic (exact) mass is 526 g/mol. The molecule has 0 heterocycles. The zero-order valence-corrected chi connectivity index (χ0v) is 22.4. The van der Waals surface area contributed by atoms with Gasteiger partial charge in [0.25, 0.3) is 0 Å². The van der Waals surface area contributed by atoms with Crippen molar-refractivity contribution in [3.05, 3.63) is 71.8 Å². The maximum absolute atomic E-state index is 11.7. The molecule has 0 bridgehead atoms. The van der Waals surface area contributed by atoms with E-state index in [-0.39, 0.29) is 41.6 Å². The normalized spacial score (nSPS) is 23.0. The Kier molecular flexibility index (Phi) is 13.4. The molecule has 2 aromatic carbocycles. The van der Waals surface area contributed by atoms with Crippen LogP contribution in [0.3, 0.4) is 0 Å². The summed E-state index contributed by atoms with van der Waals surface area (Å²) in [5.74, 6) is -0.118. The standard InChI is InChI=1S/C15H20O3.C14H18O3.CO2/c1-3-17-14(16)15(2)9-13(10-15)18-11-12-7-5-4-6-8-12;1-2-16-14(15)12-8-13(9-12)17-10-11-6-4-3-5-7-11;2-1-3/h4-8,13H,3,9-11H2,1-2H3;3-7,12-13H,2,8-10H2,1H3;. The Morgan fingerprint density at radius 1 is 0.789 bits per heavy atom. The molecule has 0 saturated heterocycles. The Labute approximate surface area is 224 Å². The number of esters is 2. The minimum Gasteiger partial charge on any atom is -0.466 e. The number of rotatable bonds is 10. The number of hydrogen-bond acceptors (Lipinski definition) is 8. The van der Waals surface area contributed by atoms with E-state index in [0.717, 1.165) is 25.7 Å². The van der Waals surface area contributed by atoms with Crippen LogP contribution in [0.2, 0.25) is 0 Å². The summed E-state index contributed by atoms with van der Waals surface area (Å²) in [4.78, 5) is 39.3. The lowest BCUT2D eigenvalue weighted by molar-refractivity contribution is -0.191. The molecule has 2 fully saturated rings. The predicted molar refractivity (Wildman–Crippen MR) is 138 cm³/mol. The molecule has 2 aromatic rings. The molecule has 0 aromatic heterocycles. The summed E-state index contributed by atoms with van der Waals surface area (Å²) < 4.78 is 21.5. The Balaban J connectivity index is 0.000000242. The van der Waals surface area contributed by atoms with Crippen molar-refractivity contribution in [3.63, 3.8) is 0 Å². The molecule has 4 rings (SSSR count). The molecule has 0 radical (unpaired) electrons. The third-order valence-electron chi connectivity index (χ3n) is 6.50. The highest BCUT2D eigenvalue weighted by Crippen LogP contribution is 2.43. The fourth-order valence-corrected chi connectivity index (χ4v) is 4.27. The molecule has 0 N–H and O–H groups in total. The lowest BCUT2D eigenvalue weighted by Crippen LogP contribution is -2.46. The molecule has 38 heavy (non-hydrogen) atoms. The van der Waals surface area contributed by atoms with Crippen LogP contribution in [0.1, 0.15) is 57.6 Å². The fourth-order valence-electron chi connectivity index (χ4n) is 4.27. The first-order chi connectivity index (χ1) is 18.3. The van der Waals surface area contributed by atoms with E-state index in [9.17, 15) is 9.59 Å². The first-order valence-electron chi connectivity index (χ1n) is 13.0. The summed E-state index contributed by atoms with van der Waals surface area (Å²) in [5.41, 5.74) is 2.01. The molecule has 2 saturated carbocycles. The van der Waals surface area contributed by atoms with Gasteiger partial charge in [0, 0.05) is 0 Å².